The molecule has 0 spiro atoms. The molecule has 39 heavy (non-hydrogen) atoms. The van der Waals surface area contributed by atoms with Crippen LogP contribution in [0.2, 0.25) is 0 Å². The Balaban J connectivity index is 1.91. The zero-order valence-electron chi connectivity index (χ0n) is 23.0. The lowest BCUT2D eigenvalue weighted by atomic mass is 9.75. The standard InChI is InChI=1S/C34H36N2O3/c1-26(2)30(33(38)39-4)25-35(3)32(37)31-23-15-8-16-24-36(31)34(27-17-9-5-10-18-27,28-19-11-6-12-20-28)29-21-13-7-14-22-29/h5-24,26,30H,25H2,1-4H3. The molecule has 5 heteroatoms. The van der Waals surface area contributed by atoms with Crippen molar-refractivity contribution < 1.29 is 14.3 Å². The van der Waals surface area contributed by atoms with Crippen LogP contribution in [0.1, 0.15) is 30.5 Å². The summed E-state index contributed by atoms with van der Waals surface area (Å²) in [4.78, 5) is 30.5. The van der Waals surface area contributed by atoms with E-state index in [9.17, 15) is 9.59 Å². The summed E-state index contributed by atoms with van der Waals surface area (Å²) in [7, 11) is 3.13. The van der Waals surface area contributed by atoms with Crippen LogP contribution in [0, 0.1) is 11.8 Å². The average molecular weight is 521 g/mol. The number of amides is 1. The number of hydrogen-bond donors (Lipinski definition) is 0. The van der Waals surface area contributed by atoms with Gasteiger partial charge in [0.25, 0.3) is 5.91 Å². The number of ether oxygens (including phenoxy) is 1. The molecule has 0 bridgehead atoms. The van der Waals surface area contributed by atoms with Crippen LogP contribution in [0.3, 0.4) is 0 Å². The molecule has 3 aromatic rings. The van der Waals surface area contributed by atoms with Crippen molar-refractivity contribution in [2.75, 3.05) is 20.7 Å². The Kier molecular flexibility index (Phi) is 8.82. The second kappa shape index (κ2) is 12.4. The minimum Gasteiger partial charge on any atom is -0.469 e. The van der Waals surface area contributed by atoms with Crippen LogP contribution in [0.15, 0.2) is 127 Å². The molecule has 0 aliphatic carbocycles. The van der Waals surface area contributed by atoms with E-state index in [0.717, 1.165) is 16.7 Å². The maximum Gasteiger partial charge on any atom is 0.310 e. The first kappa shape index (κ1) is 27.6. The molecule has 0 N–H and O–H groups in total. The zero-order chi connectivity index (χ0) is 27.8. The highest BCUT2D eigenvalue weighted by molar-refractivity contribution is 5.94. The number of carbonyl (C=O) groups excluding carboxylic acids is 2. The number of carbonyl (C=O) groups is 2. The number of allylic oxidation sites excluding steroid dienone is 4. The van der Waals surface area contributed by atoms with E-state index in [-0.39, 0.29) is 24.3 Å². The predicted molar refractivity (Wildman–Crippen MR) is 155 cm³/mol. The molecule has 0 saturated carbocycles. The van der Waals surface area contributed by atoms with E-state index in [2.05, 4.69) is 41.3 Å². The van der Waals surface area contributed by atoms with Gasteiger partial charge in [0.2, 0.25) is 0 Å². The summed E-state index contributed by atoms with van der Waals surface area (Å²) in [5.41, 5.74) is 2.69. The molecule has 1 amide bonds. The van der Waals surface area contributed by atoms with Gasteiger partial charge in [0.05, 0.1) is 13.0 Å². The van der Waals surface area contributed by atoms with E-state index in [1.54, 1.807) is 11.9 Å². The molecule has 1 aliphatic heterocycles. The third kappa shape index (κ3) is 5.58. The van der Waals surface area contributed by atoms with Crippen LogP contribution in [0.5, 0.6) is 0 Å². The van der Waals surface area contributed by atoms with E-state index in [4.69, 9.17) is 4.74 Å². The molecule has 4 rings (SSSR count). The van der Waals surface area contributed by atoms with E-state index in [0.29, 0.717) is 5.70 Å². The minimum atomic E-state index is -0.853. The monoisotopic (exact) mass is 520 g/mol. The molecule has 0 radical (unpaired) electrons. The van der Waals surface area contributed by atoms with Gasteiger partial charge in [-0.1, -0.05) is 117 Å². The van der Waals surface area contributed by atoms with E-state index < -0.39 is 11.5 Å². The summed E-state index contributed by atoms with van der Waals surface area (Å²) in [5, 5.41) is 0. The molecule has 1 aliphatic rings. The largest absolute Gasteiger partial charge is 0.469 e. The third-order valence-electron chi connectivity index (χ3n) is 7.25. The molecule has 0 aromatic heterocycles. The predicted octanol–water partition coefficient (Wildman–Crippen LogP) is 6.15. The first-order valence-corrected chi connectivity index (χ1v) is 13.3. The molecule has 3 aromatic carbocycles. The summed E-state index contributed by atoms with van der Waals surface area (Å²) in [6.45, 7) is 4.18. The van der Waals surface area contributed by atoms with Crippen LogP contribution < -0.4 is 0 Å². The fourth-order valence-corrected chi connectivity index (χ4v) is 5.21. The van der Waals surface area contributed by atoms with Gasteiger partial charge >= 0.3 is 5.97 Å². The van der Waals surface area contributed by atoms with Crippen molar-refractivity contribution in [2.24, 2.45) is 11.8 Å². The number of nitrogens with zero attached hydrogens (tertiary/aromatic N) is 2. The average Bonchev–Trinajstić information content (AvgIpc) is 3.23. The summed E-state index contributed by atoms with van der Waals surface area (Å²) in [6, 6.07) is 30.8. The van der Waals surface area contributed by atoms with Crippen molar-refractivity contribution in [1.29, 1.82) is 0 Å². The number of benzene rings is 3. The van der Waals surface area contributed by atoms with E-state index in [1.807, 2.05) is 98.9 Å². The van der Waals surface area contributed by atoms with Crippen molar-refractivity contribution in [3.8, 4) is 0 Å². The fraction of sp³-hybridized carbons (Fsp3) is 0.235. The van der Waals surface area contributed by atoms with Gasteiger partial charge in [-0.15, -0.1) is 0 Å². The topological polar surface area (TPSA) is 49.9 Å². The van der Waals surface area contributed by atoms with Gasteiger partial charge in [-0.2, -0.15) is 0 Å². The van der Waals surface area contributed by atoms with Gasteiger partial charge in [-0.05, 0) is 34.8 Å². The van der Waals surface area contributed by atoms with Crippen molar-refractivity contribution >= 4 is 11.9 Å². The molecule has 5 nitrogen and oxygen atoms in total. The van der Waals surface area contributed by atoms with Gasteiger partial charge in [0.1, 0.15) is 11.2 Å². The maximum atomic E-state index is 14.3. The molecular formula is C34H36N2O3. The van der Waals surface area contributed by atoms with E-state index >= 15 is 0 Å². The first-order valence-electron chi connectivity index (χ1n) is 13.3. The highest BCUT2D eigenvalue weighted by Crippen LogP contribution is 2.45. The van der Waals surface area contributed by atoms with E-state index in [1.165, 1.54) is 7.11 Å². The number of esters is 1. The van der Waals surface area contributed by atoms with Gasteiger partial charge in [-0.3, -0.25) is 9.59 Å². The zero-order valence-corrected chi connectivity index (χ0v) is 23.0. The SMILES string of the molecule is COC(=O)C(CN(C)C(=O)C1=CC=CC=CN1C(c1ccccc1)(c1ccccc1)c1ccccc1)C(C)C. The third-order valence-corrected chi connectivity index (χ3v) is 7.25. The van der Waals surface area contributed by atoms with Crippen LogP contribution in [0.4, 0.5) is 0 Å². The molecule has 1 atom stereocenters. The Bertz CT molecular complexity index is 1250. The van der Waals surface area contributed by atoms with Crippen molar-refractivity contribution in [3.05, 3.63) is 144 Å². The van der Waals surface area contributed by atoms with Crippen molar-refractivity contribution in [2.45, 2.75) is 19.4 Å². The lowest BCUT2D eigenvalue weighted by Gasteiger charge is -2.46. The lowest BCUT2D eigenvalue weighted by Crippen LogP contribution is -2.49. The van der Waals surface area contributed by atoms with Crippen LogP contribution in [-0.2, 0) is 19.9 Å². The molecular weight excluding hydrogens is 484 g/mol. The van der Waals surface area contributed by atoms with Gasteiger partial charge in [0, 0.05) is 19.8 Å². The number of likely N-dealkylation sites (N-methyl/N-ethyl adjacent to an activating group) is 1. The van der Waals surface area contributed by atoms with Gasteiger partial charge in [0.15, 0.2) is 0 Å². The summed E-state index contributed by atoms with van der Waals surface area (Å²) in [6.07, 6.45) is 9.57. The normalized spacial score (nSPS) is 14.0. The quantitative estimate of drug-likeness (QED) is 0.251. The molecule has 0 saturated heterocycles. The maximum absolute atomic E-state index is 14.3. The van der Waals surface area contributed by atoms with Crippen LogP contribution in [0.25, 0.3) is 0 Å². The number of hydrogen-bond acceptors (Lipinski definition) is 4. The molecule has 1 unspecified atom stereocenters. The van der Waals surface area contributed by atoms with Crippen molar-refractivity contribution in [1.82, 2.24) is 9.80 Å². The summed E-state index contributed by atoms with van der Waals surface area (Å²) in [5.74, 6) is -0.919. The first-order chi connectivity index (χ1) is 18.9. The Hall–Kier alpha value is -4.38. The Labute approximate surface area is 231 Å². The Morgan fingerprint density at radius 1 is 0.795 bits per heavy atom. The Morgan fingerprint density at radius 2 is 1.28 bits per heavy atom. The molecule has 1 heterocycles. The fourth-order valence-electron chi connectivity index (χ4n) is 5.21. The summed E-state index contributed by atoms with van der Waals surface area (Å²) < 4.78 is 5.04. The smallest absolute Gasteiger partial charge is 0.310 e. The Morgan fingerprint density at radius 3 is 1.72 bits per heavy atom. The molecule has 0 fully saturated rings. The second-order valence-electron chi connectivity index (χ2n) is 10.0. The van der Waals surface area contributed by atoms with Crippen molar-refractivity contribution in [3.63, 3.8) is 0 Å². The minimum absolute atomic E-state index is 0.0174. The number of rotatable bonds is 9. The second-order valence-corrected chi connectivity index (χ2v) is 10.0. The summed E-state index contributed by atoms with van der Waals surface area (Å²) >= 11 is 0. The molecule has 200 valence electrons. The van der Waals surface area contributed by atoms with Crippen LogP contribution >= 0.6 is 0 Å². The van der Waals surface area contributed by atoms with Crippen LogP contribution in [-0.4, -0.2) is 42.4 Å². The lowest BCUT2D eigenvalue weighted by molar-refractivity contribution is -0.148. The highest BCUT2D eigenvalue weighted by atomic mass is 16.5. The van der Waals surface area contributed by atoms with Gasteiger partial charge < -0.3 is 14.5 Å². The van der Waals surface area contributed by atoms with Gasteiger partial charge in [-0.25, -0.2) is 0 Å². The highest BCUT2D eigenvalue weighted by Gasteiger charge is 2.44. The number of methoxy groups -OCH3 is 1.